The van der Waals surface area contributed by atoms with Crippen LogP contribution < -0.4 is 30.0 Å². The normalized spacial score (nSPS) is 14.9. The fraction of sp³-hybridized carbons (Fsp3) is 0.379. The number of carbonyl (C=O) groups excluding carboxylic acids is 1. The lowest BCUT2D eigenvalue weighted by atomic mass is 10.1. The van der Waals surface area contributed by atoms with E-state index in [4.69, 9.17) is 16.3 Å². The van der Waals surface area contributed by atoms with E-state index in [-0.39, 0.29) is 56.9 Å². The zero-order valence-corrected chi connectivity index (χ0v) is 25.1. The van der Waals surface area contributed by atoms with Crippen molar-refractivity contribution in [2.24, 2.45) is 7.05 Å². The van der Waals surface area contributed by atoms with Crippen LogP contribution in [0.4, 0.5) is 34.8 Å². The van der Waals surface area contributed by atoms with Crippen molar-refractivity contribution in [3.8, 4) is 11.5 Å². The molecule has 2 aromatic carbocycles. The van der Waals surface area contributed by atoms with Gasteiger partial charge >= 0.3 is 6.18 Å². The Kier molecular flexibility index (Phi) is 8.87. The second-order valence-electron chi connectivity index (χ2n) is 10.7. The molecule has 3 N–H and O–H groups in total. The number of nitrogens with zero attached hydrogens (tertiary/aromatic N) is 2. The third kappa shape index (κ3) is 7.39. The predicted molar refractivity (Wildman–Crippen MR) is 160 cm³/mol. The van der Waals surface area contributed by atoms with E-state index in [1.807, 2.05) is 0 Å². The van der Waals surface area contributed by atoms with E-state index >= 15 is 0 Å². The number of nitrogens with one attached hydrogen (secondary N) is 3. The van der Waals surface area contributed by atoms with Gasteiger partial charge in [-0.15, -0.1) is 0 Å². The zero-order valence-electron chi connectivity index (χ0n) is 23.6. The minimum Gasteiger partial charge on any atom is -0.454 e. The smallest absolute Gasteiger partial charge is 0.406 e. The van der Waals surface area contributed by atoms with Gasteiger partial charge in [0.25, 0.3) is 11.5 Å². The second kappa shape index (κ2) is 12.3. The van der Waals surface area contributed by atoms with Crippen LogP contribution in [0.25, 0.3) is 0 Å². The van der Waals surface area contributed by atoms with Crippen LogP contribution in [0.1, 0.15) is 47.2 Å². The van der Waals surface area contributed by atoms with Crippen LogP contribution in [-0.2, 0) is 7.05 Å². The van der Waals surface area contributed by atoms with E-state index < -0.39 is 30.0 Å². The Balaban J connectivity index is 1.59. The first-order valence-corrected chi connectivity index (χ1v) is 14.8. The Hall–Kier alpha value is -3.42. The molecule has 5 rings (SSSR count). The molecule has 14 heteroatoms. The van der Waals surface area contributed by atoms with Crippen LogP contribution in [0.2, 0.25) is 5.02 Å². The molecule has 0 unspecified atom stereocenters. The molecular formula is C29H30ClF4N5O3S. The standard InChI is InChI=1S/C29H30ClF4N5O3S/c1-15-7-12-20(19(31)13-15)36-26-23(27(40)35-17-8-9-17)25(16(2)28(41)38(26)3)42-22-6-4-5-21(24(22)30)39(14-29(32,33)34)43-37-18-10-11-18/h4-7,12-13,17-18,36-37H,8-11,14H2,1-3H3,(H,35,40). The Morgan fingerprint density at radius 2 is 1.84 bits per heavy atom. The lowest BCUT2D eigenvalue weighted by molar-refractivity contribution is -0.117. The van der Waals surface area contributed by atoms with Gasteiger partial charge in [-0.25, -0.2) is 9.11 Å². The van der Waals surface area contributed by atoms with E-state index in [2.05, 4.69) is 15.4 Å². The molecule has 43 heavy (non-hydrogen) atoms. The van der Waals surface area contributed by atoms with Crippen LogP contribution in [-0.4, -0.2) is 35.3 Å². The average molecular weight is 640 g/mol. The Morgan fingerprint density at radius 1 is 1.14 bits per heavy atom. The van der Waals surface area contributed by atoms with Crippen LogP contribution in [0.15, 0.2) is 41.2 Å². The first-order chi connectivity index (χ1) is 20.3. The molecule has 1 heterocycles. The molecule has 2 saturated carbocycles. The van der Waals surface area contributed by atoms with Crippen molar-refractivity contribution in [3.63, 3.8) is 0 Å². The number of aromatic nitrogens is 1. The van der Waals surface area contributed by atoms with Gasteiger partial charge in [0.15, 0.2) is 5.75 Å². The van der Waals surface area contributed by atoms with Crippen molar-refractivity contribution in [2.45, 2.75) is 57.8 Å². The lowest BCUT2D eigenvalue weighted by Gasteiger charge is -2.26. The summed E-state index contributed by atoms with van der Waals surface area (Å²) < 4.78 is 66.7. The number of benzene rings is 2. The highest BCUT2D eigenvalue weighted by atomic mass is 35.5. The van der Waals surface area contributed by atoms with Gasteiger partial charge in [-0.05, 0) is 69.4 Å². The lowest BCUT2D eigenvalue weighted by Crippen LogP contribution is -2.32. The summed E-state index contributed by atoms with van der Waals surface area (Å²) in [6, 6.07) is 8.84. The Labute approximate surface area is 255 Å². The first kappa shape index (κ1) is 31.0. The number of hydrogen-bond acceptors (Lipinski definition) is 7. The second-order valence-corrected chi connectivity index (χ2v) is 12.0. The number of alkyl halides is 3. The summed E-state index contributed by atoms with van der Waals surface area (Å²) >= 11 is 7.44. The molecule has 2 aliphatic rings. The summed E-state index contributed by atoms with van der Waals surface area (Å²) in [6.07, 6.45) is -1.25. The van der Waals surface area contributed by atoms with Crippen molar-refractivity contribution in [1.82, 2.24) is 14.6 Å². The predicted octanol–water partition coefficient (Wildman–Crippen LogP) is 6.91. The van der Waals surface area contributed by atoms with Crippen molar-refractivity contribution < 1.29 is 27.1 Å². The number of aryl methyl sites for hydroxylation is 1. The summed E-state index contributed by atoms with van der Waals surface area (Å²) in [5, 5.41) is 5.61. The number of halogens is 5. The number of ether oxygens (including phenoxy) is 1. The van der Waals surface area contributed by atoms with E-state index in [1.54, 1.807) is 13.0 Å². The highest BCUT2D eigenvalue weighted by Gasteiger charge is 2.35. The van der Waals surface area contributed by atoms with Gasteiger partial charge in [-0.2, -0.15) is 13.2 Å². The minimum absolute atomic E-state index is 0.0262. The van der Waals surface area contributed by atoms with Crippen molar-refractivity contribution in [3.05, 3.63) is 74.3 Å². The van der Waals surface area contributed by atoms with E-state index in [0.29, 0.717) is 5.56 Å². The quantitative estimate of drug-likeness (QED) is 0.155. The van der Waals surface area contributed by atoms with E-state index in [9.17, 15) is 27.2 Å². The molecule has 0 bridgehead atoms. The summed E-state index contributed by atoms with van der Waals surface area (Å²) in [4.78, 5) is 27.0. The molecule has 0 spiro atoms. The van der Waals surface area contributed by atoms with Gasteiger partial charge in [-0.3, -0.25) is 18.5 Å². The highest BCUT2D eigenvalue weighted by molar-refractivity contribution is 7.98. The van der Waals surface area contributed by atoms with Crippen molar-refractivity contribution >= 4 is 46.8 Å². The molecule has 230 valence electrons. The van der Waals surface area contributed by atoms with Gasteiger partial charge in [0.1, 0.15) is 34.5 Å². The molecule has 3 aromatic rings. The van der Waals surface area contributed by atoms with Crippen molar-refractivity contribution in [1.29, 1.82) is 0 Å². The summed E-state index contributed by atoms with van der Waals surface area (Å²) in [7, 11) is 1.44. The van der Waals surface area contributed by atoms with Crippen LogP contribution in [0.3, 0.4) is 0 Å². The molecule has 0 aliphatic heterocycles. The average Bonchev–Trinajstić information content (AvgIpc) is 3.86. The van der Waals surface area contributed by atoms with Gasteiger partial charge in [0.05, 0.1) is 16.9 Å². The monoisotopic (exact) mass is 639 g/mol. The maximum atomic E-state index is 14.9. The number of amides is 1. The SMILES string of the molecule is Cc1ccc(Nc2c(C(=O)NC3CC3)c(Oc3cccc(N(CC(F)(F)F)SNC4CC4)c3Cl)c(C)c(=O)n2C)c(F)c1. The van der Waals surface area contributed by atoms with Gasteiger partial charge in [-0.1, -0.05) is 23.7 Å². The summed E-state index contributed by atoms with van der Waals surface area (Å²) in [6.45, 7) is 1.89. The summed E-state index contributed by atoms with van der Waals surface area (Å²) in [5.74, 6) is -1.41. The van der Waals surface area contributed by atoms with E-state index in [1.165, 1.54) is 48.9 Å². The molecule has 0 radical (unpaired) electrons. The number of pyridine rings is 1. The third-order valence-corrected chi connectivity index (χ3v) is 8.30. The molecule has 1 amide bonds. The molecule has 1 aromatic heterocycles. The van der Waals surface area contributed by atoms with Crippen LogP contribution in [0, 0.1) is 19.7 Å². The number of carbonyl (C=O) groups is 1. The molecule has 2 aliphatic carbocycles. The molecule has 0 atom stereocenters. The van der Waals surface area contributed by atoms with Crippen LogP contribution >= 0.6 is 23.7 Å². The summed E-state index contributed by atoms with van der Waals surface area (Å²) in [5.41, 5.74) is 0.167. The van der Waals surface area contributed by atoms with E-state index in [0.717, 1.165) is 42.1 Å². The van der Waals surface area contributed by atoms with Gasteiger partial charge in [0.2, 0.25) is 0 Å². The number of anilines is 3. The maximum Gasteiger partial charge on any atom is 0.406 e. The number of rotatable bonds is 11. The van der Waals surface area contributed by atoms with Crippen molar-refractivity contribution in [2.75, 3.05) is 16.2 Å². The first-order valence-electron chi connectivity index (χ1n) is 13.6. The van der Waals surface area contributed by atoms with Crippen LogP contribution in [0.5, 0.6) is 11.5 Å². The minimum atomic E-state index is -4.53. The molecule has 2 fully saturated rings. The highest BCUT2D eigenvalue weighted by Crippen LogP contribution is 2.43. The largest absolute Gasteiger partial charge is 0.454 e. The fourth-order valence-electron chi connectivity index (χ4n) is 4.28. The number of hydrogen-bond donors (Lipinski definition) is 3. The fourth-order valence-corrected chi connectivity index (χ4v) is 5.57. The molecule has 0 saturated heterocycles. The zero-order chi connectivity index (χ0) is 31.1. The topological polar surface area (TPSA) is 87.6 Å². The Morgan fingerprint density at radius 3 is 2.47 bits per heavy atom. The molecule has 8 nitrogen and oxygen atoms in total. The molecular weight excluding hydrogens is 610 g/mol. The third-order valence-electron chi connectivity index (χ3n) is 6.94. The van der Waals surface area contributed by atoms with Gasteiger partial charge < -0.3 is 15.4 Å². The maximum absolute atomic E-state index is 14.9. The Bertz CT molecular complexity index is 1610. The van der Waals surface area contributed by atoms with Gasteiger partial charge in [0, 0.05) is 31.3 Å².